The predicted molar refractivity (Wildman–Crippen MR) is 145 cm³/mol. The van der Waals surface area contributed by atoms with Crippen LogP contribution >= 0.6 is 0 Å². The average molecular weight is 480 g/mol. The number of carbonyl (C=O) groups is 1. The lowest BCUT2D eigenvalue weighted by Gasteiger charge is -2.33. The standard InChI is InChI=1S/C32H33NO3/c1-21-15-16-24(19-29(21)32(34)35-3)30-20-25(36-31-14-7-6-12-28(30)31)17-18-33-22(2)26-13-8-10-23-9-4-5-11-27(23)26/h4-16,19,22,25,30,33H,17-18,20H2,1-3H3/t22-,25-,30-/m1/s1. The van der Waals surface area contributed by atoms with E-state index in [1.54, 1.807) is 0 Å². The fourth-order valence-electron chi connectivity index (χ4n) is 5.37. The summed E-state index contributed by atoms with van der Waals surface area (Å²) >= 11 is 0. The molecule has 1 heterocycles. The second-order valence-electron chi connectivity index (χ2n) is 9.66. The molecule has 0 amide bonds. The number of hydrogen-bond donors (Lipinski definition) is 1. The van der Waals surface area contributed by atoms with Crippen molar-refractivity contribution in [3.8, 4) is 5.75 Å². The van der Waals surface area contributed by atoms with Crippen LogP contribution in [0, 0.1) is 6.92 Å². The van der Waals surface area contributed by atoms with E-state index in [4.69, 9.17) is 9.47 Å². The van der Waals surface area contributed by atoms with Gasteiger partial charge < -0.3 is 14.8 Å². The summed E-state index contributed by atoms with van der Waals surface area (Å²) in [5, 5.41) is 6.28. The zero-order valence-corrected chi connectivity index (χ0v) is 21.2. The lowest BCUT2D eigenvalue weighted by atomic mass is 9.82. The van der Waals surface area contributed by atoms with Crippen LogP contribution < -0.4 is 10.1 Å². The summed E-state index contributed by atoms with van der Waals surface area (Å²) in [4.78, 5) is 12.3. The molecule has 0 aliphatic carbocycles. The predicted octanol–water partition coefficient (Wildman–Crippen LogP) is 6.96. The maximum Gasteiger partial charge on any atom is 0.338 e. The largest absolute Gasteiger partial charge is 0.490 e. The second-order valence-corrected chi connectivity index (χ2v) is 9.66. The third-order valence-corrected chi connectivity index (χ3v) is 7.36. The van der Waals surface area contributed by atoms with Crippen LogP contribution in [0.2, 0.25) is 0 Å². The van der Waals surface area contributed by atoms with E-state index in [1.807, 2.05) is 25.1 Å². The maximum atomic E-state index is 12.3. The second kappa shape index (κ2) is 10.5. The van der Waals surface area contributed by atoms with Gasteiger partial charge in [0.15, 0.2) is 0 Å². The number of rotatable bonds is 7. The lowest BCUT2D eigenvalue weighted by Crippen LogP contribution is -2.31. The number of carbonyl (C=O) groups excluding carboxylic acids is 1. The Labute approximate surface area is 213 Å². The quantitative estimate of drug-likeness (QED) is 0.291. The molecule has 4 heteroatoms. The third kappa shape index (κ3) is 4.87. The van der Waals surface area contributed by atoms with Crippen LogP contribution in [0.25, 0.3) is 10.8 Å². The van der Waals surface area contributed by atoms with Gasteiger partial charge in [-0.1, -0.05) is 72.8 Å². The van der Waals surface area contributed by atoms with Crippen molar-refractivity contribution in [1.82, 2.24) is 5.32 Å². The first-order valence-corrected chi connectivity index (χ1v) is 12.7. The number of nitrogens with one attached hydrogen (secondary N) is 1. The molecule has 1 aliphatic heterocycles. The molecule has 36 heavy (non-hydrogen) atoms. The summed E-state index contributed by atoms with van der Waals surface area (Å²) in [6.45, 7) is 5.02. The average Bonchev–Trinajstić information content (AvgIpc) is 2.92. The van der Waals surface area contributed by atoms with Crippen LogP contribution in [-0.4, -0.2) is 25.7 Å². The molecular formula is C32H33NO3. The van der Waals surface area contributed by atoms with Crippen molar-refractivity contribution < 1.29 is 14.3 Å². The molecule has 1 N–H and O–H groups in total. The van der Waals surface area contributed by atoms with Crippen LogP contribution in [0.5, 0.6) is 5.75 Å². The van der Waals surface area contributed by atoms with Gasteiger partial charge in [0, 0.05) is 17.5 Å². The molecule has 184 valence electrons. The molecule has 4 aromatic carbocycles. The van der Waals surface area contributed by atoms with Gasteiger partial charge >= 0.3 is 5.97 Å². The van der Waals surface area contributed by atoms with Crippen molar-refractivity contribution in [2.45, 2.75) is 44.8 Å². The van der Waals surface area contributed by atoms with Gasteiger partial charge in [-0.05, 0) is 72.8 Å². The number of fused-ring (bicyclic) bond motifs is 2. The van der Waals surface area contributed by atoms with E-state index in [0.29, 0.717) is 5.56 Å². The Balaban J connectivity index is 1.32. The van der Waals surface area contributed by atoms with Gasteiger partial charge in [0.1, 0.15) is 11.9 Å². The minimum absolute atomic E-state index is 0.0833. The topological polar surface area (TPSA) is 47.6 Å². The maximum absolute atomic E-state index is 12.3. The van der Waals surface area contributed by atoms with Gasteiger partial charge in [-0.2, -0.15) is 0 Å². The van der Waals surface area contributed by atoms with E-state index in [0.717, 1.165) is 36.3 Å². The molecule has 0 unspecified atom stereocenters. The van der Waals surface area contributed by atoms with Crippen molar-refractivity contribution in [1.29, 1.82) is 0 Å². The fourth-order valence-corrected chi connectivity index (χ4v) is 5.37. The highest BCUT2D eigenvalue weighted by molar-refractivity contribution is 5.91. The molecule has 0 saturated carbocycles. The normalized spacial score (nSPS) is 17.8. The highest BCUT2D eigenvalue weighted by atomic mass is 16.5. The molecule has 0 saturated heterocycles. The van der Waals surface area contributed by atoms with E-state index in [9.17, 15) is 4.79 Å². The third-order valence-electron chi connectivity index (χ3n) is 7.36. The number of aryl methyl sites for hydroxylation is 1. The molecule has 3 atom stereocenters. The summed E-state index contributed by atoms with van der Waals surface area (Å²) in [5.74, 6) is 0.804. The summed E-state index contributed by atoms with van der Waals surface area (Å²) < 4.78 is 11.4. The number of benzene rings is 4. The van der Waals surface area contributed by atoms with Crippen molar-refractivity contribution >= 4 is 16.7 Å². The van der Waals surface area contributed by atoms with E-state index in [1.165, 1.54) is 29.0 Å². The molecular weight excluding hydrogens is 446 g/mol. The number of methoxy groups -OCH3 is 1. The van der Waals surface area contributed by atoms with Crippen LogP contribution in [0.3, 0.4) is 0 Å². The summed E-state index contributed by atoms with van der Waals surface area (Å²) in [5.41, 5.74) is 5.16. The monoisotopic (exact) mass is 479 g/mol. The SMILES string of the molecule is COC(=O)c1cc([C@H]2C[C@@H](CCN[C@H](C)c3cccc4ccccc34)Oc3ccccc32)ccc1C. The summed E-state index contributed by atoms with van der Waals surface area (Å²) in [6.07, 6.45) is 1.85. The van der Waals surface area contributed by atoms with Gasteiger partial charge in [-0.15, -0.1) is 0 Å². The highest BCUT2D eigenvalue weighted by Gasteiger charge is 2.30. The zero-order valence-electron chi connectivity index (χ0n) is 21.2. The van der Waals surface area contributed by atoms with E-state index in [-0.39, 0.29) is 24.0 Å². The Morgan fingerprint density at radius 1 is 1.03 bits per heavy atom. The smallest absolute Gasteiger partial charge is 0.338 e. The van der Waals surface area contributed by atoms with Crippen LogP contribution in [0.4, 0.5) is 0 Å². The van der Waals surface area contributed by atoms with Gasteiger partial charge in [0.25, 0.3) is 0 Å². The molecule has 0 radical (unpaired) electrons. The van der Waals surface area contributed by atoms with Gasteiger partial charge in [-0.25, -0.2) is 4.79 Å². The number of hydrogen-bond acceptors (Lipinski definition) is 4. The van der Waals surface area contributed by atoms with Crippen LogP contribution in [0.1, 0.15) is 64.3 Å². The van der Waals surface area contributed by atoms with Gasteiger partial charge in [-0.3, -0.25) is 0 Å². The zero-order chi connectivity index (χ0) is 25.1. The van der Waals surface area contributed by atoms with Crippen LogP contribution in [-0.2, 0) is 4.74 Å². The fraction of sp³-hybridized carbons (Fsp3) is 0.281. The molecule has 0 bridgehead atoms. The lowest BCUT2D eigenvalue weighted by molar-refractivity contribution is 0.0599. The molecule has 0 spiro atoms. The first kappa shape index (κ1) is 24.1. The Hall–Kier alpha value is -3.63. The Kier molecular flexibility index (Phi) is 7.06. The Bertz CT molecular complexity index is 1370. The number of para-hydroxylation sites is 1. The number of ether oxygens (including phenoxy) is 2. The van der Waals surface area contributed by atoms with E-state index < -0.39 is 0 Å². The van der Waals surface area contributed by atoms with Gasteiger partial charge in [0.2, 0.25) is 0 Å². The number of esters is 1. The molecule has 4 aromatic rings. The van der Waals surface area contributed by atoms with Crippen molar-refractivity contribution in [2.24, 2.45) is 0 Å². The van der Waals surface area contributed by atoms with Crippen molar-refractivity contribution in [3.05, 3.63) is 113 Å². The molecule has 0 aromatic heterocycles. The molecule has 1 aliphatic rings. The Morgan fingerprint density at radius 2 is 1.81 bits per heavy atom. The Morgan fingerprint density at radius 3 is 2.67 bits per heavy atom. The van der Waals surface area contributed by atoms with Crippen molar-refractivity contribution in [2.75, 3.05) is 13.7 Å². The van der Waals surface area contributed by atoms with Gasteiger partial charge in [0.05, 0.1) is 12.7 Å². The van der Waals surface area contributed by atoms with E-state index >= 15 is 0 Å². The van der Waals surface area contributed by atoms with Crippen molar-refractivity contribution in [3.63, 3.8) is 0 Å². The highest BCUT2D eigenvalue weighted by Crippen LogP contribution is 2.41. The van der Waals surface area contributed by atoms with Crippen LogP contribution in [0.15, 0.2) is 84.9 Å². The molecule has 0 fully saturated rings. The minimum Gasteiger partial charge on any atom is -0.490 e. The summed E-state index contributed by atoms with van der Waals surface area (Å²) in [6, 6.07) is 29.7. The summed E-state index contributed by atoms with van der Waals surface area (Å²) in [7, 11) is 1.43. The minimum atomic E-state index is -0.294. The first-order valence-electron chi connectivity index (χ1n) is 12.7. The van der Waals surface area contributed by atoms with E-state index in [2.05, 4.69) is 79.0 Å². The molecule has 4 nitrogen and oxygen atoms in total. The molecule has 5 rings (SSSR count). The first-order chi connectivity index (χ1) is 17.5.